The zero-order chi connectivity index (χ0) is 15.3. The van der Waals surface area contributed by atoms with Gasteiger partial charge >= 0.3 is 5.97 Å². The molecule has 0 aliphatic heterocycles. The van der Waals surface area contributed by atoms with Crippen molar-refractivity contribution in [3.05, 3.63) is 22.7 Å². The number of anilines is 1. The average Bonchev–Trinajstić information content (AvgIpc) is 2.39. The maximum absolute atomic E-state index is 12.4. The standard InChI is InChI=1S/C13H17ClN2O4/c1-3-4-16(7-12(17)18)13(19)8-5-9(14)10(15)6-11(8)20-2/h5-6H,3-4,7,15H2,1-2H3,(H,17,18). The number of carbonyl (C=O) groups excluding carboxylic acids is 1. The Kier molecular flexibility index (Phi) is 5.64. The first-order chi connectivity index (χ1) is 9.40. The van der Waals surface area contributed by atoms with Gasteiger partial charge in [0.05, 0.1) is 23.4 Å². The van der Waals surface area contributed by atoms with Gasteiger partial charge in [0.1, 0.15) is 12.3 Å². The molecule has 20 heavy (non-hydrogen) atoms. The minimum Gasteiger partial charge on any atom is -0.496 e. The van der Waals surface area contributed by atoms with Gasteiger partial charge in [0, 0.05) is 12.6 Å². The van der Waals surface area contributed by atoms with Crippen LogP contribution >= 0.6 is 11.6 Å². The quantitative estimate of drug-likeness (QED) is 0.782. The van der Waals surface area contributed by atoms with Gasteiger partial charge in [-0.05, 0) is 12.5 Å². The Hall–Kier alpha value is -1.95. The van der Waals surface area contributed by atoms with Gasteiger partial charge in [-0.25, -0.2) is 0 Å². The molecule has 6 nitrogen and oxygen atoms in total. The number of rotatable bonds is 6. The molecule has 1 aromatic carbocycles. The van der Waals surface area contributed by atoms with Gasteiger partial charge in [-0.2, -0.15) is 0 Å². The van der Waals surface area contributed by atoms with Crippen molar-refractivity contribution in [3.63, 3.8) is 0 Å². The average molecular weight is 301 g/mol. The molecule has 0 atom stereocenters. The number of nitrogens with zero attached hydrogens (tertiary/aromatic N) is 1. The molecule has 1 amide bonds. The van der Waals surface area contributed by atoms with Crippen molar-refractivity contribution in [1.29, 1.82) is 0 Å². The Balaban J connectivity index is 3.16. The van der Waals surface area contributed by atoms with Gasteiger partial charge in [0.25, 0.3) is 5.91 Å². The highest BCUT2D eigenvalue weighted by Gasteiger charge is 2.22. The van der Waals surface area contributed by atoms with Crippen molar-refractivity contribution in [2.24, 2.45) is 0 Å². The summed E-state index contributed by atoms with van der Waals surface area (Å²) in [7, 11) is 1.40. The fourth-order valence-electron chi connectivity index (χ4n) is 1.76. The molecule has 0 saturated carbocycles. The number of carboxylic acids is 1. The SMILES string of the molecule is CCCN(CC(=O)O)C(=O)c1cc(Cl)c(N)cc1OC. The molecule has 3 N–H and O–H groups in total. The van der Waals surface area contributed by atoms with E-state index in [0.29, 0.717) is 18.7 Å². The molecule has 110 valence electrons. The monoisotopic (exact) mass is 300 g/mol. The highest BCUT2D eigenvalue weighted by molar-refractivity contribution is 6.33. The van der Waals surface area contributed by atoms with Crippen molar-refractivity contribution in [1.82, 2.24) is 4.90 Å². The number of methoxy groups -OCH3 is 1. The normalized spacial score (nSPS) is 10.2. The van der Waals surface area contributed by atoms with Gasteiger partial charge in [0.15, 0.2) is 0 Å². The molecule has 0 bridgehead atoms. The van der Waals surface area contributed by atoms with Crippen LogP contribution in [-0.2, 0) is 4.79 Å². The first kappa shape index (κ1) is 16.1. The van der Waals surface area contributed by atoms with E-state index in [1.54, 1.807) is 0 Å². The third kappa shape index (κ3) is 3.77. The van der Waals surface area contributed by atoms with E-state index in [0.717, 1.165) is 0 Å². The lowest BCUT2D eigenvalue weighted by Gasteiger charge is -2.21. The number of ether oxygens (including phenoxy) is 1. The number of nitrogens with two attached hydrogens (primary N) is 1. The highest BCUT2D eigenvalue weighted by atomic mass is 35.5. The minimum atomic E-state index is -1.08. The maximum atomic E-state index is 12.4. The Morgan fingerprint density at radius 2 is 2.10 bits per heavy atom. The second kappa shape index (κ2) is 7.00. The van der Waals surface area contributed by atoms with Crippen LogP contribution in [0, 0.1) is 0 Å². The fourth-order valence-corrected chi connectivity index (χ4v) is 1.92. The number of nitrogen functional groups attached to an aromatic ring is 1. The van der Waals surface area contributed by atoms with Crippen LogP contribution in [0.2, 0.25) is 5.02 Å². The summed E-state index contributed by atoms with van der Waals surface area (Å²) in [5.74, 6) is -1.26. The molecule has 0 radical (unpaired) electrons. The van der Waals surface area contributed by atoms with Crippen LogP contribution in [0.15, 0.2) is 12.1 Å². The van der Waals surface area contributed by atoms with Crippen molar-refractivity contribution in [2.75, 3.05) is 25.9 Å². The van der Waals surface area contributed by atoms with E-state index >= 15 is 0 Å². The molecular weight excluding hydrogens is 284 g/mol. The molecular formula is C13H17ClN2O4. The Bertz CT molecular complexity index is 519. The van der Waals surface area contributed by atoms with Crippen LogP contribution in [0.25, 0.3) is 0 Å². The third-order valence-corrected chi connectivity index (χ3v) is 2.98. The molecule has 0 fully saturated rings. The summed E-state index contributed by atoms with van der Waals surface area (Å²) in [5.41, 5.74) is 6.14. The van der Waals surface area contributed by atoms with E-state index in [2.05, 4.69) is 0 Å². The molecule has 0 aromatic heterocycles. The number of halogens is 1. The van der Waals surface area contributed by atoms with Gasteiger partial charge < -0.3 is 20.5 Å². The second-order valence-electron chi connectivity index (χ2n) is 4.19. The molecule has 0 unspecified atom stereocenters. The van der Waals surface area contributed by atoms with E-state index < -0.39 is 11.9 Å². The van der Waals surface area contributed by atoms with Gasteiger partial charge in [-0.3, -0.25) is 9.59 Å². The van der Waals surface area contributed by atoms with Crippen LogP contribution in [0.1, 0.15) is 23.7 Å². The highest BCUT2D eigenvalue weighted by Crippen LogP contribution is 2.29. The molecule has 7 heteroatoms. The summed E-state index contributed by atoms with van der Waals surface area (Å²) in [6.07, 6.45) is 0.643. The molecule has 0 aliphatic rings. The van der Waals surface area contributed by atoms with Crippen molar-refractivity contribution in [2.45, 2.75) is 13.3 Å². The van der Waals surface area contributed by atoms with Gasteiger partial charge in [0.2, 0.25) is 0 Å². The maximum Gasteiger partial charge on any atom is 0.323 e. The predicted octanol–water partition coefficient (Wildman–Crippen LogP) is 1.87. The summed E-state index contributed by atoms with van der Waals surface area (Å²) in [4.78, 5) is 24.5. The van der Waals surface area contributed by atoms with Gasteiger partial charge in [-0.1, -0.05) is 18.5 Å². The molecule has 0 spiro atoms. The first-order valence-corrected chi connectivity index (χ1v) is 6.42. The number of carboxylic acid groups (broad SMARTS) is 1. The summed E-state index contributed by atoms with van der Waals surface area (Å²) in [5, 5.41) is 9.08. The third-order valence-electron chi connectivity index (χ3n) is 2.66. The number of hydrogen-bond acceptors (Lipinski definition) is 4. The van der Waals surface area contributed by atoms with Gasteiger partial charge in [-0.15, -0.1) is 0 Å². The van der Waals surface area contributed by atoms with E-state index in [4.69, 9.17) is 27.2 Å². The van der Waals surface area contributed by atoms with Crippen LogP contribution in [-0.4, -0.2) is 42.1 Å². The van der Waals surface area contributed by atoms with E-state index in [-0.39, 0.29) is 22.9 Å². The molecule has 0 aliphatic carbocycles. The van der Waals surface area contributed by atoms with Crippen LogP contribution < -0.4 is 10.5 Å². The van der Waals surface area contributed by atoms with E-state index in [1.807, 2.05) is 6.92 Å². The fraction of sp³-hybridized carbons (Fsp3) is 0.385. The number of aliphatic carboxylic acids is 1. The molecule has 1 rings (SSSR count). The summed E-state index contributed by atoms with van der Waals surface area (Å²) >= 11 is 5.91. The lowest BCUT2D eigenvalue weighted by atomic mass is 10.1. The molecule has 1 aromatic rings. The first-order valence-electron chi connectivity index (χ1n) is 6.04. The largest absolute Gasteiger partial charge is 0.496 e. The minimum absolute atomic E-state index is 0.196. The summed E-state index contributed by atoms with van der Waals surface area (Å²) in [6, 6.07) is 2.84. The van der Waals surface area contributed by atoms with Crippen LogP contribution in [0.3, 0.4) is 0 Å². The number of benzene rings is 1. The van der Waals surface area contributed by atoms with E-state index in [1.165, 1.54) is 24.1 Å². The van der Waals surface area contributed by atoms with Crippen LogP contribution in [0.4, 0.5) is 5.69 Å². The lowest BCUT2D eigenvalue weighted by Crippen LogP contribution is -2.36. The number of carbonyl (C=O) groups is 2. The Labute approximate surface area is 122 Å². The van der Waals surface area contributed by atoms with Crippen molar-refractivity contribution < 1.29 is 19.4 Å². The van der Waals surface area contributed by atoms with Crippen LogP contribution in [0.5, 0.6) is 5.75 Å². The van der Waals surface area contributed by atoms with Crippen molar-refractivity contribution in [3.8, 4) is 5.75 Å². The summed E-state index contributed by atoms with van der Waals surface area (Å²) in [6.45, 7) is 1.81. The molecule has 0 saturated heterocycles. The Morgan fingerprint density at radius 1 is 1.45 bits per heavy atom. The second-order valence-corrected chi connectivity index (χ2v) is 4.60. The molecule has 0 heterocycles. The lowest BCUT2D eigenvalue weighted by molar-refractivity contribution is -0.137. The smallest absolute Gasteiger partial charge is 0.323 e. The predicted molar refractivity (Wildman–Crippen MR) is 76.2 cm³/mol. The Morgan fingerprint density at radius 3 is 2.60 bits per heavy atom. The topological polar surface area (TPSA) is 92.9 Å². The summed E-state index contributed by atoms with van der Waals surface area (Å²) < 4.78 is 5.10. The van der Waals surface area contributed by atoms with E-state index in [9.17, 15) is 9.59 Å². The zero-order valence-corrected chi connectivity index (χ0v) is 12.1. The zero-order valence-electron chi connectivity index (χ0n) is 11.4. The van der Waals surface area contributed by atoms with Crippen molar-refractivity contribution >= 4 is 29.2 Å². The number of hydrogen-bond donors (Lipinski definition) is 2. The number of amides is 1.